The number of carbonyl (C=O) groups is 3. The van der Waals surface area contributed by atoms with Crippen molar-refractivity contribution in [3.63, 3.8) is 0 Å². The highest BCUT2D eigenvalue weighted by atomic mass is 16.5. The van der Waals surface area contributed by atoms with Crippen LogP contribution in [0.1, 0.15) is 23.1 Å². The molecule has 0 radical (unpaired) electrons. The number of imidazole rings is 1. The quantitative estimate of drug-likeness (QED) is 0.676. The lowest BCUT2D eigenvalue weighted by molar-refractivity contribution is -0.141. The molecule has 1 saturated heterocycles. The van der Waals surface area contributed by atoms with Crippen LogP contribution < -0.4 is 5.32 Å². The maximum absolute atomic E-state index is 12.2. The van der Waals surface area contributed by atoms with E-state index in [0.717, 1.165) is 16.9 Å². The summed E-state index contributed by atoms with van der Waals surface area (Å²) >= 11 is 0. The molecule has 0 spiro atoms. The molecule has 1 aliphatic rings. The predicted molar refractivity (Wildman–Crippen MR) is 116 cm³/mol. The predicted octanol–water partition coefficient (Wildman–Crippen LogP) is 0.665. The molecule has 3 rings (SSSR count). The monoisotopic (exact) mass is 430 g/mol. The zero-order valence-corrected chi connectivity index (χ0v) is 18.6. The molecule has 0 aliphatic carbocycles. The summed E-state index contributed by atoms with van der Waals surface area (Å²) < 4.78 is 6.86. The second kappa shape index (κ2) is 9.78. The molecule has 1 N–H and O–H groups in total. The number of hydrogen-bond donors (Lipinski definition) is 1. The standard InChI is InChI=1S/C21H30N6O4/c1-5-31-19(28)13-22-21(30)27-10-8-26(9-11-27)14-18-23-16-12-15(20(29)24(2)3)6-7-17(16)25(18)4/h6-7,12H,5,8-11,13-14H2,1-4H3,(H,22,30). The number of fused-ring (bicyclic) bond motifs is 1. The second-order valence-corrected chi connectivity index (χ2v) is 7.72. The third kappa shape index (κ3) is 5.32. The molecule has 168 valence electrons. The third-order valence-corrected chi connectivity index (χ3v) is 5.34. The van der Waals surface area contributed by atoms with Gasteiger partial charge in [-0.1, -0.05) is 0 Å². The van der Waals surface area contributed by atoms with Crippen LogP contribution in [-0.4, -0.2) is 95.6 Å². The second-order valence-electron chi connectivity index (χ2n) is 7.72. The molecular formula is C21H30N6O4. The Hall–Kier alpha value is -3.14. The number of nitrogens with one attached hydrogen (secondary N) is 1. The summed E-state index contributed by atoms with van der Waals surface area (Å²) in [7, 11) is 5.43. The maximum atomic E-state index is 12.2. The lowest BCUT2D eigenvalue weighted by Crippen LogP contribution is -2.52. The fourth-order valence-electron chi connectivity index (χ4n) is 3.56. The highest BCUT2D eigenvalue weighted by molar-refractivity contribution is 5.97. The van der Waals surface area contributed by atoms with Crippen molar-refractivity contribution < 1.29 is 19.1 Å². The van der Waals surface area contributed by atoms with Crippen LogP contribution in [0.3, 0.4) is 0 Å². The van der Waals surface area contributed by atoms with Crippen molar-refractivity contribution in [2.24, 2.45) is 7.05 Å². The summed E-state index contributed by atoms with van der Waals surface area (Å²) in [6.07, 6.45) is 0. The first-order valence-corrected chi connectivity index (χ1v) is 10.4. The van der Waals surface area contributed by atoms with E-state index in [1.54, 1.807) is 30.8 Å². The van der Waals surface area contributed by atoms with E-state index in [9.17, 15) is 14.4 Å². The molecule has 10 heteroatoms. The van der Waals surface area contributed by atoms with E-state index in [4.69, 9.17) is 9.72 Å². The van der Waals surface area contributed by atoms with Crippen LogP contribution >= 0.6 is 0 Å². The van der Waals surface area contributed by atoms with E-state index in [-0.39, 0.29) is 18.5 Å². The minimum Gasteiger partial charge on any atom is -0.465 e. The molecular weight excluding hydrogens is 400 g/mol. The third-order valence-electron chi connectivity index (χ3n) is 5.34. The lowest BCUT2D eigenvalue weighted by Gasteiger charge is -2.34. The Balaban J connectivity index is 1.57. The van der Waals surface area contributed by atoms with Crippen LogP contribution in [0.5, 0.6) is 0 Å². The number of esters is 1. The Bertz CT molecular complexity index is 962. The van der Waals surface area contributed by atoms with Gasteiger partial charge in [0, 0.05) is 52.9 Å². The van der Waals surface area contributed by atoms with E-state index in [1.807, 2.05) is 29.8 Å². The summed E-state index contributed by atoms with van der Waals surface area (Å²) in [6, 6.07) is 5.32. The van der Waals surface area contributed by atoms with Crippen molar-refractivity contribution >= 4 is 28.9 Å². The molecule has 1 aliphatic heterocycles. The van der Waals surface area contributed by atoms with Crippen LogP contribution in [0.2, 0.25) is 0 Å². The summed E-state index contributed by atoms with van der Waals surface area (Å²) in [5, 5.41) is 2.60. The fourth-order valence-corrected chi connectivity index (χ4v) is 3.56. The number of rotatable bonds is 6. The SMILES string of the molecule is CCOC(=O)CNC(=O)N1CCN(Cc2nc3cc(C(=O)N(C)C)ccc3n2C)CC1. The van der Waals surface area contributed by atoms with E-state index < -0.39 is 5.97 Å². The normalized spacial score (nSPS) is 14.5. The van der Waals surface area contributed by atoms with Crippen molar-refractivity contribution in [1.29, 1.82) is 0 Å². The van der Waals surface area contributed by atoms with Crippen LogP contribution in [0, 0.1) is 0 Å². The average molecular weight is 431 g/mol. The van der Waals surface area contributed by atoms with Gasteiger partial charge in [0.2, 0.25) is 0 Å². The Labute approximate surface area is 181 Å². The van der Waals surface area contributed by atoms with Crippen molar-refractivity contribution in [3.05, 3.63) is 29.6 Å². The summed E-state index contributed by atoms with van der Waals surface area (Å²) in [5.74, 6) is 0.419. The van der Waals surface area contributed by atoms with Gasteiger partial charge in [0.1, 0.15) is 12.4 Å². The van der Waals surface area contributed by atoms with Gasteiger partial charge in [-0.2, -0.15) is 0 Å². The smallest absolute Gasteiger partial charge is 0.325 e. The van der Waals surface area contributed by atoms with Gasteiger partial charge in [-0.25, -0.2) is 9.78 Å². The van der Waals surface area contributed by atoms with Gasteiger partial charge in [-0.3, -0.25) is 14.5 Å². The van der Waals surface area contributed by atoms with Crippen LogP contribution in [-0.2, 0) is 23.1 Å². The molecule has 1 aromatic heterocycles. The number of benzene rings is 1. The molecule has 0 atom stereocenters. The topological polar surface area (TPSA) is 100 Å². The number of aryl methyl sites for hydroxylation is 1. The average Bonchev–Trinajstić information content (AvgIpc) is 3.06. The molecule has 0 bridgehead atoms. The lowest BCUT2D eigenvalue weighted by atomic mass is 10.2. The van der Waals surface area contributed by atoms with E-state index in [0.29, 0.717) is 44.9 Å². The van der Waals surface area contributed by atoms with Crippen molar-refractivity contribution in [1.82, 2.24) is 29.6 Å². The summed E-state index contributed by atoms with van der Waals surface area (Å²) in [5.41, 5.74) is 2.38. The molecule has 31 heavy (non-hydrogen) atoms. The molecule has 2 heterocycles. The Morgan fingerprint density at radius 2 is 1.87 bits per heavy atom. The Morgan fingerprint density at radius 1 is 1.16 bits per heavy atom. The molecule has 10 nitrogen and oxygen atoms in total. The fraction of sp³-hybridized carbons (Fsp3) is 0.524. The molecule has 0 saturated carbocycles. The first-order valence-electron chi connectivity index (χ1n) is 10.4. The minimum absolute atomic E-state index is 0.0496. The largest absolute Gasteiger partial charge is 0.465 e. The van der Waals surface area contributed by atoms with Crippen molar-refractivity contribution in [2.45, 2.75) is 13.5 Å². The number of nitrogens with zero attached hydrogens (tertiary/aromatic N) is 5. The van der Waals surface area contributed by atoms with E-state index in [1.165, 1.54) is 0 Å². The zero-order chi connectivity index (χ0) is 22.5. The molecule has 3 amide bonds. The van der Waals surface area contributed by atoms with Crippen molar-refractivity contribution in [3.8, 4) is 0 Å². The number of hydrogen-bond acceptors (Lipinski definition) is 6. The van der Waals surface area contributed by atoms with Gasteiger partial charge in [-0.15, -0.1) is 0 Å². The number of amides is 3. The maximum Gasteiger partial charge on any atom is 0.325 e. The highest BCUT2D eigenvalue weighted by Gasteiger charge is 2.23. The molecule has 1 fully saturated rings. The van der Waals surface area contributed by atoms with Gasteiger partial charge >= 0.3 is 12.0 Å². The van der Waals surface area contributed by atoms with Gasteiger partial charge in [0.15, 0.2) is 0 Å². The van der Waals surface area contributed by atoms with Crippen molar-refractivity contribution in [2.75, 3.05) is 53.4 Å². The van der Waals surface area contributed by atoms with Gasteiger partial charge in [0.05, 0.1) is 24.2 Å². The van der Waals surface area contributed by atoms with Crippen LogP contribution in [0.15, 0.2) is 18.2 Å². The van der Waals surface area contributed by atoms with E-state index >= 15 is 0 Å². The Kier molecular flexibility index (Phi) is 7.11. The van der Waals surface area contributed by atoms with E-state index in [2.05, 4.69) is 10.2 Å². The molecule has 2 aromatic rings. The zero-order valence-electron chi connectivity index (χ0n) is 18.6. The first kappa shape index (κ1) is 22.5. The Morgan fingerprint density at radius 3 is 2.52 bits per heavy atom. The summed E-state index contributed by atoms with van der Waals surface area (Å²) in [4.78, 5) is 46.0. The number of aromatic nitrogens is 2. The molecule has 1 aromatic carbocycles. The minimum atomic E-state index is -0.438. The number of piperazine rings is 1. The number of carbonyl (C=O) groups excluding carboxylic acids is 3. The van der Waals surface area contributed by atoms with Crippen LogP contribution in [0.4, 0.5) is 4.79 Å². The summed E-state index contributed by atoms with van der Waals surface area (Å²) in [6.45, 7) is 5.11. The van der Waals surface area contributed by atoms with Crippen LogP contribution in [0.25, 0.3) is 11.0 Å². The number of urea groups is 1. The van der Waals surface area contributed by atoms with Gasteiger partial charge in [-0.05, 0) is 25.1 Å². The van der Waals surface area contributed by atoms with Gasteiger partial charge in [0.25, 0.3) is 5.91 Å². The molecule has 0 unspecified atom stereocenters. The first-order chi connectivity index (χ1) is 14.8. The highest BCUT2D eigenvalue weighted by Crippen LogP contribution is 2.19. The number of ether oxygens (including phenoxy) is 1. The van der Waals surface area contributed by atoms with Gasteiger partial charge < -0.3 is 24.4 Å².